The van der Waals surface area contributed by atoms with Crippen molar-refractivity contribution in [3.8, 4) is 0 Å². The number of carboxylic acids is 1. The molecule has 0 atom stereocenters. The van der Waals surface area contributed by atoms with Crippen LogP contribution in [0.15, 0.2) is 6.20 Å². The van der Waals surface area contributed by atoms with Gasteiger partial charge in [-0.25, -0.2) is 4.79 Å². The van der Waals surface area contributed by atoms with Gasteiger partial charge in [-0.2, -0.15) is 0 Å². The summed E-state index contributed by atoms with van der Waals surface area (Å²) in [5.74, 6) is -1.42. The number of hydrogen-bond acceptors (Lipinski definition) is 6. The topological polar surface area (TPSA) is 92.2 Å². The summed E-state index contributed by atoms with van der Waals surface area (Å²) in [6.07, 6.45) is 1.96. The van der Waals surface area contributed by atoms with Crippen LogP contribution in [-0.2, 0) is 6.42 Å². The third-order valence-electron chi connectivity index (χ3n) is 2.59. The zero-order chi connectivity index (χ0) is 14.0. The van der Waals surface area contributed by atoms with Crippen LogP contribution < -0.4 is 5.32 Å². The largest absolute Gasteiger partial charge is 0.478 e. The van der Waals surface area contributed by atoms with Gasteiger partial charge in [0.25, 0.3) is 5.91 Å². The number of carbonyl (C=O) groups is 2. The fraction of sp³-hybridized carbons (Fsp3) is 0.273. The van der Waals surface area contributed by atoms with Crippen molar-refractivity contribution in [1.29, 1.82) is 0 Å². The van der Waals surface area contributed by atoms with Gasteiger partial charge >= 0.3 is 5.97 Å². The molecule has 8 heteroatoms. The van der Waals surface area contributed by atoms with Crippen LogP contribution >= 0.6 is 22.9 Å². The van der Waals surface area contributed by atoms with Gasteiger partial charge in [0.1, 0.15) is 9.88 Å². The molecule has 0 aliphatic heterocycles. The molecule has 6 nitrogen and oxygen atoms in total. The highest BCUT2D eigenvalue weighted by Gasteiger charge is 2.22. The third kappa shape index (κ3) is 2.64. The SMILES string of the molecule is CCc1c(C)sc(NC(=O)c2cnns2)c1C(=O)O. The van der Waals surface area contributed by atoms with Crippen LogP contribution in [0, 0.1) is 6.92 Å². The van der Waals surface area contributed by atoms with Gasteiger partial charge in [0.05, 0.1) is 11.8 Å². The molecule has 2 heterocycles. The molecular weight excluding hydrogens is 286 g/mol. The van der Waals surface area contributed by atoms with E-state index in [1.54, 1.807) is 0 Å². The molecule has 0 aliphatic carbocycles. The van der Waals surface area contributed by atoms with Crippen molar-refractivity contribution in [2.75, 3.05) is 5.32 Å². The van der Waals surface area contributed by atoms with Crippen molar-refractivity contribution in [1.82, 2.24) is 9.59 Å². The smallest absolute Gasteiger partial charge is 0.339 e. The summed E-state index contributed by atoms with van der Waals surface area (Å²) in [5.41, 5.74) is 0.936. The molecule has 0 saturated carbocycles. The lowest BCUT2D eigenvalue weighted by atomic mass is 10.1. The Morgan fingerprint density at radius 2 is 2.21 bits per heavy atom. The Hall–Kier alpha value is -1.80. The van der Waals surface area contributed by atoms with Crippen molar-refractivity contribution in [3.05, 3.63) is 27.1 Å². The molecule has 0 aromatic carbocycles. The van der Waals surface area contributed by atoms with Crippen LogP contribution in [0.4, 0.5) is 5.00 Å². The van der Waals surface area contributed by atoms with Crippen molar-refractivity contribution in [3.63, 3.8) is 0 Å². The van der Waals surface area contributed by atoms with E-state index in [-0.39, 0.29) is 11.5 Å². The summed E-state index contributed by atoms with van der Waals surface area (Å²) in [7, 11) is 0. The number of nitrogens with one attached hydrogen (secondary N) is 1. The number of aromatic nitrogens is 2. The molecule has 2 aromatic heterocycles. The molecule has 2 rings (SSSR count). The zero-order valence-corrected chi connectivity index (χ0v) is 11.9. The number of thiophene rings is 1. The van der Waals surface area contributed by atoms with Gasteiger partial charge < -0.3 is 10.4 Å². The Bertz CT molecular complexity index is 619. The molecule has 0 spiro atoms. The number of aromatic carboxylic acids is 1. The number of rotatable bonds is 4. The monoisotopic (exact) mass is 297 g/mol. The fourth-order valence-corrected chi connectivity index (χ4v) is 3.29. The maximum absolute atomic E-state index is 11.9. The van der Waals surface area contributed by atoms with E-state index in [0.717, 1.165) is 22.0 Å². The van der Waals surface area contributed by atoms with Crippen LogP contribution in [0.25, 0.3) is 0 Å². The normalized spacial score (nSPS) is 10.4. The number of anilines is 1. The van der Waals surface area contributed by atoms with Crippen LogP contribution in [0.2, 0.25) is 0 Å². The van der Waals surface area contributed by atoms with E-state index >= 15 is 0 Å². The van der Waals surface area contributed by atoms with Crippen LogP contribution in [0.1, 0.15) is 37.4 Å². The number of nitrogens with zero attached hydrogens (tertiary/aromatic N) is 2. The predicted molar refractivity (Wildman–Crippen MR) is 73.3 cm³/mol. The van der Waals surface area contributed by atoms with Crippen LogP contribution in [0.3, 0.4) is 0 Å². The second kappa shape index (κ2) is 5.45. The minimum absolute atomic E-state index is 0.177. The standard InChI is InChI=1S/C11H11N3O3S2/c1-3-6-5(2)18-10(8(6)11(16)17)13-9(15)7-4-12-14-19-7/h4H,3H2,1-2H3,(H,13,15)(H,16,17). The molecule has 2 aromatic rings. The molecule has 100 valence electrons. The van der Waals surface area contributed by atoms with Gasteiger partial charge in [0.2, 0.25) is 0 Å². The minimum Gasteiger partial charge on any atom is -0.478 e. The average Bonchev–Trinajstić information content (AvgIpc) is 2.96. The molecule has 0 radical (unpaired) electrons. The Kier molecular flexibility index (Phi) is 3.91. The second-order valence-electron chi connectivity index (χ2n) is 3.74. The molecule has 0 unspecified atom stereocenters. The molecule has 2 N–H and O–H groups in total. The molecule has 0 aliphatic rings. The lowest BCUT2D eigenvalue weighted by Crippen LogP contribution is -2.12. The van der Waals surface area contributed by atoms with Crippen molar-refractivity contribution in [2.45, 2.75) is 20.3 Å². The molecule has 0 saturated heterocycles. The summed E-state index contributed by atoms with van der Waals surface area (Å²) in [4.78, 5) is 24.5. The average molecular weight is 297 g/mol. The van der Waals surface area contributed by atoms with Crippen LogP contribution in [0.5, 0.6) is 0 Å². The first-order valence-electron chi connectivity index (χ1n) is 5.48. The molecule has 0 bridgehead atoms. The first-order chi connectivity index (χ1) is 9.04. The summed E-state index contributed by atoms with van der Waals surface area (Å²) in [6, 6.07) is 0. The summed E-state index contributed by atoms with van der Waals surface area (Å²) in [6.45, 7) is 3.74. The van der Waals surface area contributed by atoms with E-state index in [4.69, 9.17) is 0 Å². The maximum Gasteiger partial charge on any atom is 0.339 e. The highest BCUT2D eigenvalue weighted by molar-refractivity contribution is 7.17. The van der Waals surface area contributed by atoms with E-state index in [9.17, 15) is 14.7 Å². The van der Waals surface area contributed by atoms with Gasteiger partial charge in [-0.15, -0.1) is 16.4 Å². The lowest BCUT2D eigenvalue weighted by Gasteiger charge is -2.03. The summed E-state index contributed by atoms with van der Waals surface area (Å²) >= 11 is 2.24. The Morgan fingerprint density at radius 3 is 2.74 bits per heavy atom. The number of carboxylic acid groups (broad SMARTS) is 1. The van der Waals surface area contributed by atoms with Crippen LogP contribution in [-0.4, -0.2) is 26.6 Å². The number of aryl methyl sites for hydroxylation is 1. The molecular formula is C11H11N3O3S2. The minimum atomic E-state index is -1.03. The second-order valence-corrected chi connectivity index (χ2v) is 5.75. The molecule has 0 fully saturated rings. The Balaban J connectivity index is 2.35. The van der Waals surface area contributed by atoms with Crippen molar-refractivity contribution < 1.29 is 14.7 Å². The maximum atomic E-state index is 11.9. The first-order valence-corrected chi connectivity index (χ1v) is 7.07. The zero-order valence-electron chi connectivity index (χ0n) is 10.3. The predicted octanol–water partition coefficient (Wildman–Crippen LogP) is 2.42. The first kappa shape index (κ1) is 13.6. The van der Waals surface area contributed by atoms with Gasteiger partial charge in [-0.3, -0.25) is 4.79 Å². The summed E-state index contributed by atoms with van der Waals surface area (Å²) in [5, 5.41) is 15.8. The number of amides is 1. The van der Waals surface area contributed by atoms with E-state index in [1.165, 1.54) is 17.5 Å². The van der Waals surface area contributed by atoms with E-state index in [0.29, 0.717) is 16.3 Å². The van der Waals surface area contributed by atoms with Gasteiger partial charge in [0.15, 0.2) is 0 Å². The molecule has 19 heavy (non-hydrogen) atoms. The highest BCUT2D eigenvalue weighted by Crippen LogP contribution is 2.33. The van der Waals surface area contributed by atoms with E-state index in [1.807, 2.05) is 13.8 Å². The van der Waals surface area contributed by atoms with Gasteiger partial charge in [-0.1, -0.05) is 11.4 Å². The fourth-order valence-electron chi connectivity index (χ4n) is 1.75. The van der Waals surface area contributed by atoms with Gasteiger partial charge in [0, 0.05) is 4.88 Å². The number of hydrogen-bond donors (Lipinski definition) is 2. The summed E-state index contributed by atoms with van der Waals surface area (Å²) < 4.78 is 3.60. The van der Waals surface area contributed by atoms with Crippen molar-refractivity contribution >= 4 is 39.7 Å². The molecule has 1 amide bonds. The van der Waals surface area contributed by atoms with Crippen molar-refractivity contribution in [2.24, 2.45) is 0 Å². The number of carbonyl (C=O) groups excluding carboxylic acids is 1. The lowest BCUT2D eigenvalue weighted by molar-refractivity contribution is 0.0697. The Morgan fingerprint density at radius 1 is 1.47 bits per heavy atom. The highest BCUT2D eigenvalue weighted by atomic mass is 32.1. The Labute approximate surface area is 117 Å². The van der Waals surface area contributed by atoms with Gasteiger partial charge in [-0.05, 0) is 30.4 Å². The third-order valence-corrected chi connectivity index (χ3v) is 4.31. The van der Waals surface area contributed by atoms with E-state index < -0.39 is 5.97 Å². The van der Waals surface area contributed by atoms with E-state index in [2.05, 4.69) is 14.9 Å². The quantitative estimate of drug-likeness (QED) is 0.904.